The highest BCUT2D eigenvalue weighted by atomic mass is 32.2. The Morgan fingerprint density at radius 2 is 2.18 bits per heavy atom. The summed E-state index contributed by atoms with van der Waals surface area (Å²) in [5.41, 5.74) is 2.06. The highest BCUT2D eigenvalue weighted by molar-refractivity contribution is 7.90. The van der Waals surface area contributed by atoms with E-state index >= 15 is 0 Å². The van der Waals surface area contributed by atoms with Gasteiger partial charge in [0.05, 0.1) is 5.75 Å². The van der Waals surface area contributed by atoms with Crippen molar-refractivity contribution in [3.05, 3.63) is 29.6 Å². The van der Waals surface area contributed by atoms with E-state index < -0.39 is 9.84 Å². The van der Waals surface area contributed by atoms with Crippen molar-refractivity contribution < 1.29 is 12.8 Å². The van der Waals surface area contributed by atoms with Crippen molar-refractivity contribution in [1.82, 2.24) is 0 Å². The van der Waals surface area contributed by atoms with Gasteiger partial charge in [0, 0.05) is 25.0 Å². The molecular formula is C12H16FNO2S. The number of rotatable bonds is 4. The molecule has 3 nitrogen and oxygen atoms in total. The predicted octanol–water partition coefficient (Wildman–Crippen LogP) is 1.62. The molecule has 0 bridgehead atoms. The van der Waals surface area contributed by atoms with Crippen LogP contribution in [-0.2, 0) is 16.3 Å². The van der Waals surface area contributed by atoms with Gasteiger partial charge in [-0.1, -0.05) is 0 Å². The average molecular weight is 257 g/mol. The normalized spacial score (nSPS) is 15.1. The van der Waals surface area contributed by atoms with Crippen LogP contribution in [0.15, 0.2) is 18.2 Å². The third-order valence-corrected chi connectivity index (χ3v) is 4.01. The Bertz CT molecular complexity index is 513. The molecular weight excluding hydrogens is 241 g/mol. The molecule has 0 spiro atoms. The van der Waals surface area contributed by atoms with Crippen molar-refractivity contribution in [2.75, 3.05) is 30.0 Å². The van der Waals surface area contributed by atoms with Crippen LogP contribution in [0.25, 0.3) is 0 Å². The van der Waals surface area contributed by atoms with E-state index in [-0.39, 0.29) is 11.6 Å². The molecule has 0 aromatic heterocycles. The molecule has 0 atom stereocenters. The van der Waals surface area contributed by atoms with E-state index in [9.17, 15) is 12.8 Å². The van der Waals surface area contributed by atoms with Gasteiger partial charge >= 0.3 is 0 Å². The fourth-order valence-electron chi connectivity index (χ4n) is 2.19. The Kier molecular flexibility index (Phi) is 3.38. The van der Waals surface area contributed by atoms with Crippen LogP contribution in [0, 0.1) is 5.82 Å². The van der Waals surface area contributed by atoms with Gasteiger partial charge in [0.2, 0.25) is 0 Å². The number of halogens is 1. The van der Waals surface area contributed by atoms with E-state index in [1.54, 1.807) is 12.1 Å². The SMILES string of the molecule is CS(=O)(=O)CCCN1CCc2cc(F)ccc21. The van der Waals surface area contributed by atoms with Gasteiger partial charge in [-0.3, -0.25) is 0 Å². The lowest BCUT2D eigenvalue weighted by molar-refractivity contribution is 0.598. The zero-order valence-corrected chi connectivity index (χ0v) is 10.6. The average Bonchev–Trinajstić information content (AvgIpc) is 2.59. The number of hydrogen-bond acceptors (Lipinski definition) is 3. The van der Waals surface area contributed by atoms with Crippen LogP contribution in [0.2, 0.25) is 0 Å². The summed E-state index contributed by atoms with van der Waals surface area (Å²) in [4.78, 5) is 2.12. The molecule has 1 heterocycles. The summed E-state index contributed by atoms with van der Waals surface area (Å²) >= 11 is 0. The first-order chi connectivity index (χ1) is 7.96. The molecule has 0 N–H and O–H groups in total. The molecule has 1 aromatic rings. The fourth-order valence-corrected chi connectivity index (χ4v) is 2.84. The molecule has 5 heteroatoms. The van der Waals surface area contributed by atoms with Crippen molar-refractivity contribution in [2.45, 2.75) is 12.8 Å². The van der Waals surface area contributed by atoms with Gasteiger partial charge in [-0.2, -0.15) is 0 Å². The van der Waals surface area contributed by atoms with E-state index in [1.165, 1.54) is 12.3 Å². The zero-order chi connectivity index (χ0) is 12.5. The minimum Gasteiger partial charge on any atom is -0.371 e. The molecule has 0 radical (unpaired) electrons. The number of hydrogen-bond donors (Lipinski definition) is 0. The second-order valence-corrected chi connectivity index (χ2v) is 6.75. The number of anilines is 1. The lowest BCUT2D eigenvalue weighted by Crippen LogP contribution is -2.23. The lowest BCUT2D eigenvalue weighted by atomic mass is 10.2. The number of fused-ring (bicyclic) bond motifs is 1. The molecule has 1 aliphatic heterocycles. The summed E-state index contributed by atoms with van der Waals surface area (Å²) < 4.78 is 35.1. The van der Waals surface area contributed by atoms with E-state index in [1.807, 2.05) is 0 Å². The maximum Gasteiger partial charge on any atom is 0.147 e. The molecule has 0 saturated heterocycles. The molecule has 0 saturated carbocycles. The first-order valence-corrected chi connectivity index (χ1v) is 7.73. The van der Waals surface area contributed by atoms with Crippen molar-refractivity contribution in [3.8, 4) is 0 Å². The third kappa shape index (κ3) is 3.19. The third-order valence-electron chi connectivity index (χ3n) is 2.98. The van der Waals surface area contributed by atoms with E-state index in [0.29, 0.717) is 13.0 Å². The molecule has 2 rings (SSSR count). The van der Waals surface area contributed by atoms with Crippen LogP contribution < -0.4 is 4.90 Å². The van der Waals surface area contributed by atoms with E-state index in [0.717, 1.165) is 24.2 Å². The van der Waals surface area contributed by atoms with Gasteiger partial charge in [-0.05, 0) is 36.6 Å². The quantitative estimate of drug-likeness (QED) is 0.822. The van der Waals surface area contributed by atoms with Crippen LogP contribution in [0.3, 0.4) is 0 Å². The monoisotopic (exact) mass is 257 g/mol. The van der Waals surface area contributed by atoms with Crippen LogP contribution in [0.5, 0.6) is 0 Å². The highest BCUT2D eigenvalue weighted by Crippen LogP contribution is 2.28. The van der Waals surface area contributed by atoms with Gasteiger partial charge < -0.3 is 4.90 Å². The van der Waals surface area contributed by atoms with E-state index in [4.69, 9.17) is 0 Å². The number of benzene rings is 1. The van der Waals surface area contributed by atoms with Gasteiger partial charge in [0.25, 0.3) is 0 Å². The molecule has 17 heavy (non-hydrogen) atoms. The van der Waals surface area contributed by atoms with Crippen LogP contribution in [-0.4, -0.2) is 33.5 Å². The number of sulfone groups is 1. The maximum absolute atomic E-state index is 13.0. The number of nitrogens with zero attached hydrogens (tertiary/aromatic N) is 1. The molecule has 0 fully saturated rings. The van der Waals surface area contributed by atoms with Gasteiger partial charge in [0.1, 0.15) is 15.7 Å². The second-order valence-electron chi connectivity index (χ2n) is 4.49. The standard InChI is InChI=1S/C12H16FNO2S/c1-17(15,16)8-2-6-14-7-5-10-9-11(13)3-4-12(10)14/h3-4,9H,2,5-8H2,1H3. The largest absolute Gasteiger partial charge is 0.371 e. The molecule has 1 aliphatic rings. The Hall–Kier alpha value is -1.10. The minimum atomic E-state index is -2.89. The van der Waals surface area contributed by atoms with Crippen molar-refractivity contribution >= 4 is 15.5 Å². The van der Waals surface area contributed by atoms with Gasteiger partial charge in [0.15, 0.2) is 0 Å². The molecule has 94 valence electrons. The van der Waals surface area contributed by atoms with Crippen molar-refractivity contribution in [1.29, 1.82) is 0 Å². The van der Waals surface area contributed by atoms with Crippen LogP contribution >= 0.6 is 0 Å². The Morgan fingerprint density at radius 1 is 1.41 bits per heavy atom. The molecule has 0 amide bonds. The lowest BCUT2D eigenvalue weighted by Gasteiger charge is -2.18. The Labute approximate surface area is 101 Å². The summed E-state index contributed by atoms with van der Waals surface area (Å²) in [6.07, 6.45) is 2.71. The highest BCUT2D eigenvalue weighted by Gasteiger charge is 2.19. The summed E-state index contributed by atoms with van der Waals surface area (Å²) in [5, 5.41) is 0. The van der Waals surface area contributed by atoms with Crippen LogP contribution in [0.4, 0.5) is 10.1 Å². The predicted molar refractivity (Wildman–Crippen MR) is 66.6 cm³/mol. The summed E-state index contributed by atoms with van der Waals surface area (Å²) in [5.74, 6) is 0.00164. The first kappa shape index (κ1) is 12.4. The minimum absolute atomic E-state index is 0.207. The summed E-state index contributed by atoms with van der Waals surface area (Å²) in [6.45, 7) is 1.56. The summed E-state index contributed by atoms with van der Waals surface area (Å²) in [7, 11) is -2.89. The fraction of sp³-hybridized carbons (Fsp3) is 0.500. The smallest absolute Gasteiger partial charge is 0.147 e. The molecule has 0 unspecified atom stereocenters. The zero-order valence-electron chi connectivity index (χ0n) is 9.82. The Balaban J connectivity index is 1.98. The van der Waals surface area contributed by atoms with E-state index in [2.05, 4.69) is 4.90 Å². The van der Waals surface area contributed by atoms with Crippen molar-refractivity contribution in [3.63, 3.8) is 0 Å². The van der Waals surface area contributed by atoms with Crippen molar-refractivity contribution in [2.24, 2.45) is 0 Å². The second kappa shape index (κ2) is 4.64. The molecule has 1 aromatic carbocycles. The van der Waals surface area contributed by atoms with Gasteiger partial charge in [-0.15, -0.1) is 0 Å². The first-order valence-electron chi connectivity index (χ1n) is 5.67. The maximum atomic E-state index is 13.0. The van der Waals surface area contributed by atoms with Gasteiger partial charge in [-0.25, -0.2) is 12.8 Å². The van der Waals surface area contributed by atoms with Crippen LogP contribution in [0.1, 0.15) is 12.0 Å². The topological polar surface area (TPSA) is 37.4 Å². The Morgan fingerprint density at radius 3 is 2.88 bits per heavy atom. The summed E-state index contributed by atoms with van der Waals surface area (Å²) in [6, 6.07) is 4.79. The molecule has 0 aliphatic carbocycles.